The van der Waals surface area contributed by atoms with Gasteiger partial charge in [0.2, 0.25) is 5.60 Å². The van der Waals surface area contributed by atoms with Crippen molar-refractivity contribution >= 4 is 11.7 Å². The Balaban J connectivity index is 2.05. The number of fused-ring (bicyclic) bond motifs is 1. The highest BCUT2D eigenvalue weighted by Gasteiger charge is 2.61. The number of amides is 2. The van der Waals surface area contributed by atoms with E-state index in [1.165, 1.54) is 23.1 Å². The van der Waals surface area contributed by atoms with Crippen molar-refractivity contribution in [1.29, 1.82) is 0 Å². The molecule has 0 saturated carbocycles. The van der Waals surface area contributed by atoms with Crippen LogP contribution in [0.4, 0.5) is 23.7 Å². The number of alkyl halides is 3. The van der Waals surface area contributed by atoms with Crippen molar-refractivity contribution in [3.8, 4) is 5.75 Å². The summed E-state index contributed by atoms with van der Waals surface area (Å²) >= 11 is 0. The summed E-state index contributed by atoms with van der Waals surface area (Å²) in [7, 11) is 3.11. The Bertz CT molecular complexity index is 791. The number of halogens is 3. The van der Waals surface area contributed by atoms with E-state index in [-0.39, 0.29) is 11.3 Å². The Morgan fingerprint density at radius 3 is 2.40 bits per heavy atom. The van der Waals surface area contributed by atoms with Crippen LogP contribution in [-0.4, -0.2) is 31.2 Å². The Labute approximate surface area is 143 Å². The van der Waals surface area contributed by atoms with Crippen LogP contribution >= 0.6 is 0 Å². The molecule has 1 N–H and O–H groups in total. The Hall–Kier alpha value is -2.70. The van der Waals surface area contributed by atoms with Crippen molar-refractivity contribution in [2.75, 3.05) is 19.4 Å². The summed E-state index contributed by atoms with van der Waals surface area (Å²) in [6.07, 6.45) is -5.02. The highest BCUT2D eigenvalue weighted by Crippen LogP contribution is 2.52. The molecule has 3 rings (SSSR count). The highest BCUT2D eigenvalue weighted by molar-refractivity contribution is 5.90. The first kappa shape index (κ1) is 17.1. The van der Waals surface area contributed by atoms with Gasteiger partial charge in [0, 0.05) is 37.3 Å². The van der Waals surface area contributed by atoms with E-state index in [1.54, 1.807) is 44.4 Å². The topological polar surface area (TPSA) is 41.6 Å². The minimum atomic E-state index is -4.61. The minimum Gasteiger partial charge on any atom is -0.472 e. The Kier molecular flexibility index (Phi) is 4.10. The maximum absolute atomic E-state index is 14.0. The first-order chi connectivity index (χ1) is 11.7. The van der Waals surface area contributed by atoms with Crippen LogP contribution in [0.25, 0.3) is 0 Å². The first-order valence-electron chi connectivity index (χ1n) is 7.66. The van der Waals surface area contributed by atoms with E-state index < -0.39 is 24.2 Å². The second kappa shape index (κ2) is 5.98. The quantitative estimate of drug-likeness (QED) is 0.883. The van der Waals surface area contributed by atoms with E-state index in [1.807, 2.05) is 0 Å². The van der Waals surface area contributed by atoms with E-state index in [9.17, 15) is 18.0 Å². The zero-order chi connectivity index (χ0) is 18.2. The molecule has 0 aromatic heterocycles. The van der Waals surface area contributed by atoms with Crippen molar-refractivity contribution in [3.05, 3.63) is 59.7 Å². The third-order valence-corrected chi connectivity index (χ3v) is 4.19. The number of carbonyl (C=O) groups is 1. The van der Waals surface area contributed by atoms with Gasteiger partial charge in [-0.2, -0.15) is 13.2 Å². The fourth-order valence-corrected chi connectivity index (χ4v) is 2.85. The molecule has 25 heavy (non-hydrogen) atoms. The monoisotopic (exact) mass is 350 g/mol. The van der Waals surface area contributed by atoms with Gasteiger partial charge in [-0.15, -0.1) is 0 Å². The zero-order valence-corrected chi connectivity index (χ0v) is 13.7. The fraction of sp³-hybridized carbons (Fsp3) is 0.278. The van der Waals surface area contributed by atoms with Crippen LogP contribution in [0.5, 0.6) is 5.75 Å². The molecule has 2 aromatic rings. The van der Waals surface area contributed by atoms with Gasteiger partial charge in [-0.1, -0.05) is 36.4 Å². The van der Waals surface area contributed by atoms with Crippen molar-refractivity contribution in [1.82, 2.24) is 4.90 Å². The summed E-state index contributed by atoms with van der Waals surface area (Å²) in [5, 5.41) is 2.62. The second-order valence-electron chi connectivity index (χ2n) is 6.08. The van der Waals surface area contributed by atoms with Crippen molar-refractivity contribution < 1.29 is 22.7 Å². The smallest absolute Gasteiger partial charge is 0.432 e. The molecule has 1 aliphatic heterocycles. The first-order valence-corrected chi connectivity index (χ1v) is 7.66. The average Bonchev–Trinajstić information content (AvgIpc) is 2.97. The van der Waals surface area contributed by atoms with E-state index in [2.05, 4.69) is 5.32 Å². The second-order valence-corrected chi connectivity index (χ2v) is 6.08. The summed E-state index contributed by atoms with van der Waals surface area (Å²) in [5.41, 5.74) is -1.78. The average molecular weight is 350 g/mol. The molecule has 7 heteroatoms. The number of nitrogens with zero attached hydrogens (tertiary/aromatic N) is 1. The molecule has 132 valence electrons. The fourth-order valence-electron chi connectivity index (χ4n) is 2.85. The number of benzene rings is 2. The van der Waals surface area contributed by atoms with Gasteiger partial charge in [0.15, 0.2) is 0 Å². The number of hydrogen-bond donors (Lipinski definition) is 1. The van der Waals surface area contributed by atoms with Gasteiger partial charge in [0.25, 0.3) is 0 Å². The van der Waals surface area contributed by atoms with E-state index >= 15 is 0 Å². The normalized spacial score (nSPS) is 19.1. The number of ether oxygens (including phenoxy) is 1. The molecule has 0 radical (unpaired) electrons. The van der Waals surface area contributed by atoms with Crippen LogP contribution < -0.4 is 10.1 Å². The molecule has 4 nitrogen and oxygen atoms in total. The Morgan fingerprint density at radius 2 is 1.80 bits per heavy atom. The number of anilines is 1. The van der Waals surface area contributed by atoms with Crippen molar-refractivity contribution in [2.24, 2.45) is 0 Å². The molecule has 0 saturated heterocycles. The van der Waals surface area contributed by atoms with Gasteiger partial charge in [0.05, 0.1) is 0 Å². The van der Waals surface area contributed by atoms with Crippen LogP contribution in [0.1, 0.15) is 11.1 Å². The molecule has 2 amide bonds. The standard InChI is InChI=1S/C18H17F3N2O2/c1-23(2)16(24)22-14-9-6-10-15-13(14)11-17(25-15,18(19,20)21)12-7-4-3-5-8-12/h3-10H,11H2,1-2H3,(H,22,24)/t17-/m0/s1. The SMILES string of the molecule is CN(C)C(=O)Nc1cccc2c1C[C@](c1ccccc1)(C(F)(F)F)O2. The summed E-state index contributed by atoms with van der Waals surface area (Å²) in [6, 6.07) is 11.7. The molecular formula is C18H17F3N2O2. The lowest BCUT2D eigenvalue weighted by molar-refractivity contribution is -0.248. The summed E-state index contributed by atoms with van der Waals surface area (Å²) in [5.74, 6) is 0.123. The van der Waals surface area contributed by atoms with Crippen LogP contribution in [0.15, 0.2) is 48.5 Å². The van der Waals surface area contributed by atoms with Gasteiger partial charge in [-0.05, 0) is 12.1 Å². The zero-order valence-electron chi connectivity index (χ0n) is 13.7. The Morgan fingerprint density at radius 1 is 1.12 bits per heavy atom. The van der Waals surface area contributed by atoms with Gasteiger partial charge in [-0.3, -0.25) is 0 Å². The van der Waals surface area contributed by atoms with Gasteiger partial charge >= 0.3 is 12.2 Å². The predicted molar refractivity (Wildman–Crippen MR) is 87.7 cm³/mol. The largest absolute Gasteiger partial charge is 0.472 e. The lowest BCUT2D eigenvalue weighted by atomic mass is 9.88. The molecule has 0 fully saturated rings. The summed E-state index contributed by atoms with van der Waals surface area (Å²) in [4.78, 5) is 13.2. The molecular weight excluding hydrogens is 333 g/mol. The molecule has 2 aromatic carbocycles. The van der Waals surface area contributed by atoms with Gasteiger partial charge < -0.3 is 15.0 Å². The number of carbonyl (C=O) groups excluding carboxylic acids is 1. The number of rotatable bonds is 2. The van der Waals surface area contributed by atoms with Gasteiger partial charge in [-0.25, -0.2) is 4.79 Å². The molecule has 0 bridgehead atoms. The van der Waals surface area contributed by atoms with E-state index in [0.717, 1.165) is 0 Å². The summed E-state index contributed by atoms with van der Waals surface area (Å²) in [6.45, 7) is 0. The van der Waals surface area contributed by atoms with Crippen molar-refractivity contribution in [3.63, 3.8) is 0 Å². The molecule has 1 aliphatic rings. The van der Waals surface area contributed by atoms with Gasteiger partial charge in [0.1, 0.15) is 5.75 Å². The van der Waals surface area contributed by atoms with Crippen LogP contribution in [0, 0.1) is 0 Å². The maximum atomic E-state index is 14.0. The molecule has 0 unspecified atom stereocenters. The van der Waals surface area contributed by atoms with Crippen LogP contribution in [-0.2, 0) is 12.0 Å². The summed E-state index contributed by atoms with van der Waals surface area (Å²) < 4.78 is 47.3. The number of nitrogens with one attached hydrogen (secondary N) is 1. The number of hydrogen-bond acceptors (Lipinski definition) is 2. The molecule has 0 spiro atoms. The number of urea groups is 1. The third-order valence-electron chi connectivity index (χ3n) is 4.19. The minimum absolute atomic E-state index is 0.0311. The van der Waals surface area contributed by atoms with E-state index in [4.69, 9.17) is 4.74 Å². The molecule has 1 heterocycles. The lowest BCUT2D eigenvalue weighted by Crippen LogP contribution is -2.46. The molecule has 1 atom stereocenters. The molecule has 0 aliphatic carbocycles. The van der Waals surface area contributed by atoms with E-state index in [0.29, 0.717) is 11.3 Å². The maximum Gasteiger partial charge on any atom is 0.432 e. The lowest BCUT2D eigenvalue weighted by Gasteiger charge is -2.31. The van der Waals surface area contributed by atoms with Crippen molar-refractivity contribution in [2.45, 2.75) is 18.2 Å². The van der Waals surface area contributed by atoms with Crippen LogP contribution in [0.2, 0.25) is 0 Å². The van der Waals surface area contributed by atoms with Crippen LogP contribution in [0.3, 0.4) is 0 Å². The highest BCUT2D eigenvalue weighted by atomic mass is 19.4. The predicted octanol–water partition coefficient (Wildman–Crippen LogP) is 4.17. The third kappa shape index (κ3) is 2.90.